The second-order valence-electron chi connectivity index (χ2n) is 4.68. The maximum Gasteiger partial charge on any atom is 0.341 e. The summed E-state index contributed by atoms with van der Waals surface area (Å²) in [5.41, 5.74) is 0.520. The molecule has 0 aliphatic heterocycles. The Balaban J connectivity index is 1.86. The molecule has 0 fully saturated rings. The first-order chi connectivity index (χ1) is 8.16. The highest BCUT2D eigenvalue weighted by Gasteiger charge is 2.20. The predicted molar refractivity (Wildman–Crippen MR) is 64.5 cm³/mol. The maximum atomic E-state index is 11.7. The molecular weight excluding hydrogens is 216 g/mol. The lowest BCUT2D eigenvalue weighted by atomic mass is 9.85. The van der Waals surface area contributed by atoms with Gasteiger partial charge in [-0.2, -0.15) is 5.10 Å². The van der Waals surface area contributed by atoms with Crippen LogP contribution in [0.1, 0.15) is 30.1 Å². The van der Waals surface area contributed by atoms with E-state index in [0.29, 0.717) is 24.0 Å². The lowest BCUT2D eigenvalue weighted by Crippen LogP contribution is -2.21. The van der Waals surface area contributed by atoms with Crippen molar-refractivity contribution in [3.05, 3.63) is 30.1 Å². The van der Waals surface area contributed by atoms with E-state index in [1.807, 2.05) is 0 Å². The Bertz CT molecular complexity index is 423. The van der Waals surface area contributed by atoms with Gasteiger partial charge in [0, 0.05) is 13.2 Å². The summed E-state index contributed by atoms with van der Waals surface area (Å²) in [6.45, 7) is 2.70. The average Bonchev–Trinajstić information content (AvgIpc) is 2.74. The van der Waals surface area contributed by atoms with Crippen LogP contribution in [0.25, 0.3) is 0 Å². The summed E-state index contributed by atoms with van der Waals surface area (Å²) in [5, 5.41) is 3.95. The number of aromatic nitrogens is 2. The van der Waals surface area contributed by atoms with Crippen molar-refractivity contribution in [1.29, 1.82) is 0 Å². The number of aryl methyl sites for hydroxylation is 1. The molecular formula is C13H18N2O2. The largest absolute Gasteiger partial charge is 0.462 e. The van der Waals surface area contributed by atoms with E-state index in [9.17, 15) is 4.79 Å². The zero-order valence-corrected chi connectivity index (χ0v) is 10.3. The molecule has 0 spiro atoms. The summed E-state index contributed by atoms with van der Waals surface area (Å²) < 4.78 is 6.92. The fourth-order valence-electron chi connectivity index (χ4n) is 2.03. The number of hydrogen-bond acceptors (Lipinski definition) is 3. The Hall–Kier alpha value is -1.58. The van der Waals surface area contributed by atoms with Crippen molar-refractivity contribution in [3.63, 3.8) is 0 Å². The summed E-state index contributed by atoms with van der Waals surface area (Å²) in [7, 11) is 1.78. The topological polar surface area (TPSA) is 44.1 Å². The second-order valence-corrected chi connectivity index (χ2v) is 4.68. The summed E-state index contributed by atoms with van der Waals surface area (Å²) in [6.07, 6.45) is 9.66. The number of carbonyl (C=O) groups excluding carboxylic acids is 1. The minimum atomic E-state index is -0.278. The van der Waals surface area contributed by atoms with Gasteiger partial charge in [0.1, 0.15) is 0 Å². The highest BCUT2D eigenvalue weighted by molar-refractivity contribution is 5.88. The van der Waals surface area contributed by atoms with E-state index in [4.69, 9.17) is 4.74 Å². The van der Waals surface area contributed by atoms with E-state index in [1.54, 1.807) is 17.9 Å². The van der Waals surface area contributed by atoms with Gasteiger partial charge >= 0.3 is 5.97 Å². The van der Waals surface area contributed by atoms with Crippen molar-refractivity contribution >= 4 is 5.97 Å². The van der Waals surface area contributed by atoms with Crippen molar-refractivity contribution in [2.75, 3.05) is 6.61 Å². The molecule has 1 aliphatic rings. The zero-order valence-electron chi connectivity index (χ0n) is 10.3. The molecule has 4 nitrogen and oxygen atoms in total. The van der Waals surface area contributed by atoms with Crippen LogP contribution in [0.2, 0.25) is 0 Å². The molecule has 2 unspecified atom stereocenters. The van der Waals surface area contributed by atoms with E-state index < -0.39 is 0 Å². The first-order valence-corrected chi connectivity index (χ1v) is 5.97. The van der Waals surface area contributed by atoms with Crippen LogP contribution in [0, 0.1) is 11.8 Å². The molecule has 92 valence electrons. The predicted octanol–water partition coefficient (Wildman–Crippen LogP) is 2.18. The third-order valence-corrected chi connectivity index (χ3v) is 3.29. The lowest BCUT2D eigenvalue weighted by molar-refractivity contribution is 0.0395. The van der Waals surface area contributed by atoms with E-state index in [-0.39, 0.29) is 5.97 Å². The molecule has 0 saturated heterocycles. The molecule has 0 N–H and O–H groups in total. The number of allylic oxidation sites excluding steroid dienone is 2. The molecule has 0 radical (unpaired) electrons. The van der Waals surface area contributed by atoms with Gasteiger partial charge in [-0.05, 0) is 24.7 Å². The van der Waals surface area contributed by atoms with Gasteiger partial charge in [0.15, 0.2) is 0 Å². The Morgan fingerprint density at radius 1 is 1.53 bits per heavy atom. The van der Waals surface area contributed by atoms with Crippen molar-refractivity contribution in [1.82, 2.24) is 9.78 Å². The van der Waals surface area contributed by atoms with Gasteiger partial charge < -0.3 is 4.74 Å². The third-order valence-electron chi connectivity index (χ3n) is 3.29. The van der Waals surface area contributed by atoms with Gasteiger partial charge in [0.05, 0.1) is 18.4 Å². The summed E-state index contributed by atoms with van der Waals surface area (Å²) in [6, 6.07) is 0. The van der Waals surface area contributed by atoms with Crippen LogP contribution in [-0.2, 0) is 11.8 Å². The average molecular weight is 234 g/mol. The third kappa shape index (κ3) is 2.96. The molecule has 0 saturated carbocycles. The summed E-state index contributed by atoms with van der Waals surface area (Å²) in [4.78, 5) is 11.7. The van der Waals surface area contributed by atoms with Crippen LogP contribution in [0.5, 0.6) is 0 Å². The number of ether oxygens (including phenoxy) is 1. The van der Waals surface area contributed by atoms with Crippen molar-refractivity contribution in [2.24, 2.45) is 18.9 Å². The SMILES string of the molecule is CC1CC=CCC1COC(=O)c1cnn(C)c1. The van der Waals surface area contributed by atoms with Crippen molar-refractivity contribution in [3.8, 4) is 0 Å². The molecule has 2 atom stereocenters. The molecule has 1 aromatic heterocycles. The summed E-state index contributed by atoms with van der Waals surface area (Å²) in [5.74, 6) is 0.752. The minimum Gasteiger partial charge on any atom is -0.462 e. The van der Waals surface area contributed by atoms with E-state index >= 15 is 0 Å². The van der Waals surface area contributed by atoms with Crippen LogP contribution < -0.4 is 0 Å². The number of rotatable bonds is 3. The molecule has 4 heteroatoms. The van der Waals surface area contributed by atoms with Gasteiger partial charge in [0.2, 0.25) is 0 Å². The maximum absolute atomic E-state index is 11.7. The van der Waals surface area contributed by atoms with Gasteiger partial charge in [0.25, 0.3) is 0 Å². The molecule has 17 heavy (non-hydrogen) atoms. The van der Waals surface area contributed by atoms with Crippen LogP contribution >= 0.6 is 0 Å². The Morgan fingerprint density at radius 3 is 2.94 bits per heavy atom. The molecule has 0 aromatic carbocycles. The normalized spacial score (nSPS) is 23.6. The van der Waals surface area contributed by atoms with E-state index in [0.717, 1.165) is 12.8 Å². The van der Waals surface area contributed by atoms with Crippen LogP contribution in [0.4, 0.5) is 0 Å². The monoisotopic (exact) mass is 234 g/mol. The van der Waals surface area contributed by atoms with E-state index in [2.05, 4.69) is 24.2 Å². The van der Waals surface area contributed by atoms with Crippen LogP contribution in [0.15, 0.2) is 24.5 Å². The molecule has 2 rings (SSSR count). The standard InChI is InChI=1S/C13H18N2O2/c1-10-5-3-4-6-11(10)9-17-13(16)12-7-14-15(2)8-12/h3-4,7-8,10-11H,5-6,9H2,1-2H3. The lowest BCUT2D eigenvalue weighted by Gasteiger charge is -2.24. The highest BCUT2D eigenvalue weighted by atomic mass is 16.5. The fourth-order valence-corrected chi connectivity index (χ4v) is 2.03. The van der Waals surface area contributed by atoms with Crippen LogP contribution in [0.3, 0.4) is 0 Å². The quantitative estimate of drug-likeness (QED) is 0.594. The number of esters is 1. The van der Waals surface area contributed by atoms with Gasteiger partial charge in [-0.1, -0.05) is 19.1 Å². The van der Waals surface area contributed by atoms with Gasteiger partial charge in [-0.25, -0.2) is 4.79 Å². The molecule has 0 bridgehead atoms. The first-order valence-electron chi connectivity index (χ1n) is 5.97. The number of hydrogen-bond donors (Lipinski definition) is 0. The highest BCUT2D eigenvalue weighted by Crippen LogP contribution is 2.25. The first kappa shape index (κ1) is 11.9. The van der Waals surface area contributed by atoms with E-state index in [1.165, 1.54) is 6.20 Å². The van der Waals surface area contributed by atoms with Gasteiger partial charge in [-0.3, -0.25) is 4.68 Å². The van der Waals surface area contributed by atoms with Crippen molar-refractivity contribution in [2.45, 2.75) is 19.8 Å². The Morgan fingerprint density at radius 2 is 2.29 bits per heavy atom. The zero-order chi connectivity index (χ0) is 12.3. The molecule has 1 heterocycles. The fraction of sp³-hybridized carbons (Fsp3) is 0.538. The van der Waals surface area contributed by atoms with Crippen LogP contribution in [-0.4, -0.2) is 22.4 Å². The molecule has 0 amide bonds. The molecule has 1 aliphatic carbocycles. The minimum absolute atomic E-state index is 0.278. The van der Waals surface area contributed by atoms with Gasteiger partial charge in [-0.15, -0.1) is 0 Å². The number of carbonyl (C=O) groups is 1. The second kappa shape index (κ2) is 5.17. The summed E-state index contributed by atoms with van der Waals surface area (Å²) >= 11 is 0. The molecule has 1 aromatic rings. The number of nitrogens with zero attached hydrogens (tertiary/aromatic N) is 2. The smallest absolute Gasteiger partial charge is 0.341 e. The van der Waals surface area contributed by atoms with Crippen molar-refractivity contribution < 1.29 is 9.53 Å². The Labute approximate surface area is 101 Å². The Kier molecular flexibility index (Phi) is 3.61.